The summed E-state index contributed by atoms with van der Waals surface area (Å²) in [7, 11) is 0. The minimum absolute atomic E-state index is 0.0357. The Bertz CT molecular complexity index is 597. The van der Waals surface area contributed by atoms with Gasteiger partial charge in [0.05, 0.1) is 24.9 Å². The van der Waals surface area contributed by atoms with Crippen molar-refractivity contribution < 1.29 is 19.4 Å². The van der Waals surface area contributed by atoms with Gasteiger partial charge in [-0.3, -0.25) is 10.1 Å². The molecule has 0 radical (unpaired) electrons. The van der Waals surface area contributed by atoms with Crippen molar-refractivity contribution in [2.24, 2.45) is 11.3 Å². The summed E-state index contributed by atoms with van der Waals surface area (Å²) in [6, 6.07) is 2.66. The molecule has 2 rings (SSSR count). The highest BCUT2D eigenvalue weighted by atomic mass is 16.5. The Morgan fingerprint density at radius 1 is 1.40 bits per heavy atom. The number of pyridine rings is 1. The van der Waals surface area contributed by atoms with Crippen molar-refractivity contribution in [2.75, 3.05) is 6.61 Å². The number of rotatable bonds is 5. The van der Waals surface area contributed by atoms with Crippen molar-refractivity contribution in [1.29, 1.82) is 0 Å². The molecule has 0 saturated carbocycles. The Balaban J connectivity index is 2.39. The van der Waals surface area contributed by atoms with Gasteiger partial charge in [0, 0.05) is 17.7 Å². The standard InChI is InChI=1S/C19H30N2O4/c1-7-24-18(23)15-13(19(4,5)6)16(22)14(21-15)12-9-8-10-20-17(12)25-11(2)3/h8-11,13-16,21-22H,7H2,1-6H3/t13-,14+,15+,16+/m1/s1. The van der Waals surface area contributed by atoms with Crippen LogP contribution in [0.1, 0.15) is 53.1 Å². The van der Waals surface area contributed by atoms with Crippen LogP contribution in [0.5, 0.6) is 5.88 Å². The second-order valence-electron chi connectivity index (χ2n) is 7.82. The third kappa shape index (κ3) is 4.30. The Morgan fingerprint density at radius 2 is 2.08 bits per heavy atom. The summed E-state index contributed by atoms with van der Waals surface area (Å²) >= 11 is 0. The van der Waals surface area contributed by atoms with E-state index >= 15 is 0 Å². The summed E-state index contributed by atoms with van der Waals surface area (Å²) in [5.41, 5.74) is 0.476. The Kier molecular flexibility index (Phi) is 6.06. The summed E-state index contributed by atoms with van der Waals surface area (Å²) in [6.07, 6.45) is 0.867. The predicted molar refractivity (Wildman–Crippen MR) is 95.3 cm³/mol. The zero-order chi connectivity index (χ0) is 18.8. The van der Waals surface area contributed by atoms with Crippen LogP contribution in [0.2, 0.25) is 0 Å². The molecule has 0 aliphatic carbocycles. The molecule has 0 amide bonds. The number of aliphatic hydroxyl groups is 1. The van der Waals surface area contributed by atoms with Crippen LogP contribution in [0.4, 0.5) is 0 Å². The van der Waals surface area contributed by atoms with Crippen LogP contribution in [-0.4, -0.2) is 40.9 Å². The average molecular weight is 350 g/mol. The molecular weight excluding hydrogens is 320 g/mol. The molecule has 2 N–H and O–H groups in total. The quantitative estimate of drug-likeness (QED) is 0.794. The van der Waals surface area contributed by atoms with E-state index < -0.39 is 18.2 Å². The monoisotopic (exact) mass is 350 g/mol. The summed E-state index contributed by atoms with van der Waals surface area (Å²) in [5.74, 6) is -0.144. The highest BCUT2D eigenvalue weighted by Gasteiger charge is 2.52. The highest BCUT2D eigenvalue weighted by Crippen LogP contribution is 2.43. The lowest BCUT2D eigenvalue weighted by molar-refractivity contribution is -0.148. The largest absolute Gasteiger partial charge is 0.475 e. The maximum Gasteiger partial charge on any atom is 0.323 e. The number of ether oxygens (including phenoxy) is 2. The normalized spacial score (nSPS) is 26.7. The third-order valence-electron chi connectivity index (χ3n) is 4.45. The number of aromatic nitrogens is 1. The van der Waals surface area contributed by atoms with Gasteiger partial charge in [-0.15, -0.1) is 0 Å². The van der Waals surface area contributed by atoms with E-state index in [1.165, 1.54) is 0 Å². The van der Waals surface area contributed by atoms with E-state index in [4.69, 9.17) is 9.47 Å². The van der Waals surface area contributed by atoms with Crippen LogP contribution in [-0.2, 0) is 9.53 Å². The Hall–Kier alpha value is -1.66. The van der Waals surface area contributed by atoms with Gasteiger partial charge < -0.3 is 14.6 Å². The van der Waals surface area contributed by atoms with Crippen LogP contribution in [0, 0.1) is 11.3 Å². The SMILES string of the molecule is CCOC(=O)[C@H]1N[C@@H](c2cccnc2OC(C)C)[C@@H](O)[C@@H]1C(C)(C)C. The fourth-order valence-corrected chi connectivity index (χ4v) is 3.49. The average Bonchev–Trinajstić information content (AvgIpc) is 2.85. The summed E-state index contributed by atoms with van der Waals surface area (Å²) in [5, 5.41) is 14.3. The van der Waals surface area contributed by atoms with Crippen LogP contribution in [0.15, 0.2) is 18.3 Å². The van der Waals surface area contributed by atoms with Crippen molar-refractivity contribution >= 4 is 5.97 Å². The molecule has 0 spiro atoms. The first kappa shape index (κ1) is 19.7. The van der Waals surface area contributed by atoms with E-state index in [2.05, 4.69) is 10.3 Å². The molecule has 4 atom stereocenters. The molecule has 140 valence electrons. The molecule has 1 saturated heterocycles. The van der Waals surface area contributed by atoms with E-state index in [-0.39, 0.29) is 23.4 Å². The predicted octanol–water partition coefficient (Wildman–Crippen LogP) is 2.47. The lowest BCUT2D eigenvalue weighted by atomic mass is 9.74. The molecule has 0 bridgehead atoms. The van der Waals surface area contributed by atoms with Crippen molar-refractivity contribution in [2.45, 2.75) is 65.8 Å². The second kappa shape index (κ2) is 7.70. The maximum atomic E-state index is 12.4. The summed E-state index contributed by atoms with van der Waals surface area (Å²) in [6.45, 7) is 12.0. The van der Waals surface area contributed by atoms with Gasteiger partial charge in [0.15, 0.2) is 0 Å². The molecule has 1 aromatic heterocycles. The van der Waals surface area contributed by atoms with E-state index in [1.807, 2.05) is 40.7 Å². The van der Waals surface area contributed by atoms with Gasteiger partial charge >= 0.3 is 5.97 Å². The van der Waals surface area contributed by atoms with Crippen LogP contribution in [0.25, 0.3) is 0 Å². The zero-order valence-corrected chi connectivity index (χ0v) is 15.9. The minimum Gasteiger partial charge on any atom is -0.475 e. The molecule has 6 heteroatoms. The smallest absolute Gasteiger partial charge is 0.323 e. The van der Waals surface area contributed by atoms with Gasteiger partial charge in [-0.05, 0) is 32.3 Å². The van der Waals surface area contributed by atoms with Crippen molar-refractivity contribution in [1.82, 2.24) is 10.3 Å². The fourth-order valence-electron chi connectivity index (χ4n) is 3.49. The second-order valence-corrected chi connectivity index (χ2v) is 7.82. The number of nitrogens with one attached hydrogen (secondary N) is 1. The number of hydrogen-bond acceptors (Lipinski definition) is 6. The van der Waals surface area contributed by atoms with Crippen LogP contribution < -0.4 is 10.1 Å². The molecule has 25 heavy (non-hydrogen) atoms. The first-order valence-corrected chi connectivity index (χ1v) is 8.89. The summed E-state index contributed by atoms with van der Waals surface area (Å²) in [4.78, 5) is 16.7. The van der Waals surface area contributed by atoms with E-state index in [9.17, 15) is 9.90 Å². The molecule has 1 fully saturated rings. The fraction of sp³-hybridized carbons (Fsp3) is 0.684. The molecule has 1 aliphatic heterocycles. The summed E-state index contributed by atoms with van der Waals surface area (Å²) < 4.78 is 11.0. The van der Waals surface area contributed by atoms with Crippen molar-refractivity contribution in [3.05, 3.63) is 23.9 Å². The lowest BCUT2D eigenvalue weighted by Crippen LogP contribution is -2.43. The first-order chi connectivity index (χ1) is 11.7. The van der Waals surface area contributed by atoms with Crippen LogP contribution >= 0.6 is 0 Å². The third-order valence-corrected chi connectivity index (χ3v) is 4.45. The number of aliphatic hydroxyl groups excluding tert-OH is 1. The van der Waals surface area contributed by atoms with Gasteiger partial charge in [0.25, 0.3) is 0 Å². The van der Waals surface area contributed by atoms with Gasteiger partial charge in [-0.25, -0.2) is 4.98 Å². The van der Waals surface area contributed by atoms with Gasteiger partial charge in [0.1, 0.15) is 6.04 Å². The Morgan fingerprint density at radius 3 is 2.64 bits per heavy atom. The molecule has 1 aliphatic rings. The number of carbonyl (C=O) groups excluding carboxylic acids is 1. The number of hydrogen-bond donors (Lipinski definition) is 2. The number of esters is 1. The Labute approximate surface area is 149 Å². The van der Waals surface area contributed by atoms with Gasteiger partial charge in [0.2, 0.25) is 5.88 Å². The topological polar surface area (TPSA) is 80.7 Å². The van der Waals surface area contributed by atoms with Crippen molar-refractivity contribution in [3.63, 3.8) is 0 Å². The molecule has 1 aromatic rings. The molecule has 0 aromatic carbocycles. The van der Waals surface area contributed by atoms with Gasteiger partial charge in [-0.2, -0.15) is 0 Å². The lowest BCUT2D eigenvalue weighted by Gasteiger charge is -2.33. The van der Waals surface area contributed by atoms with Gasteiger partial charge in [-0.1, -0.05) is 26.8 Å². The zero-order valence-electron chi connectivity index (χ0n) is 15.9. The molecule has 6 nitrogen and oxygen atoms in total. The van der Waals surface area contributed by atoms with E-state index in [0.29, 0.717) is 12.5 Å². The molecule has 2 heterocycles. The molecular formula is C19H30N2O4. The van der Waals surface area contributed by atoms with E-state index in [0.717, 1.165) is 5.56 Å². The maximum absolute atomic E-state index is 12.4. The first-order valence-electron chi connectivity index (χ1n) is 8.89. The number of carbonyl (C=O) groups is 1. The van der Waals surface area contributed by atoms with Crippen LogP contribution in [0.3, 0.4) is 0 Å². The van der Waals surface area contributed by atoms with Crippen molar-refractivity contribution in [3.8, 4) is 5.88 Å². The molecule has 0 unspecified atom stereocenters. The number of nitrogens with zero attached hydrogens (tertiary/aromatic N) is 1. The minimum atomic E-state index is -0.756. The highest BCUT2D eigenvalue weighted by molar-refractivity contribution is 5.77. The van der Waals surface area contributed by atoms with E-state index in [1.54, 1.807) is 19.2 Å².